The maximum Gasteiger partial charge on any atom is 0.246 e. The number of fused-ring (bicyclic) bond motifs is 1. The number of hydrogen-bond acceptors (Lipinski definition) is 3. The zero-order valence-corrected chi connectivity index (χ0v) is 13.7. The first-order valence-electron chi connectivity index (χ1n) is 7.51. The molecule has 1 aliphatic rings. The van der Waals surface area contributed by atoms with Crippen LogP contribution in [0.1, 0.15) is 22.3 Å². The van der Waals surface area contributed by atoms with Crippen LogP contribution in [0.2, 0.25) is 0 Å². The molecule has 122 valence electrons. The zero-order valence-electron chi connectivity index (χ0n) is 12.9. The summed E-state index contributed by atoms with van der Waals surface area (Å²) < 4.78 is 5.42. The lowest BCUT2D eigenvalue weighted by atomic mass is 10.1. The molecule has 2 aromatic carbocycles. The van der Waals surface area contributed by atoms with Gasteiger partial charge >= 0.3 is 0 Å². The number of amides is 1. The Morgan fingerprint density at radius 1 is 1.04 bits per heavy atom. The third-order valence-corrected chi connectivity index (χ3v) is 3.74. The Labute approximate surface area is 142 Å². The highest BCUT2D eigenvalue weighted by Crippen LogP contribution is 2.16. The molecule has 0 radical (unpaired) electrons. The van der Waals surface area contributed by atoms with Gasteiger partial charge in [0, 0.05) is 19.6 Å². The molecule has 1 aliphatic heterocycles. The van der Waals surface area contributed by atoms with E-state index < -0.39 is 0 Å². The Bertz CT molecular complexity index is 647. The molecule has 3 rings (SSSR count). The van der Waals surface area contributed by atoms with Crippen LogP contribution >= 0.6 is 12.4 Å². The minimum absolute atomic E-state index is 0. The molecule has 0 atom stereocenters. The van der Waals surface area contributed by atoms with Crippen molar-refractivity contribution >= 4 is 18.3 Å². The maximum atomic E-state index is 11.8. The number of carbonyl (C=O) groups is 1. The number of carbonyl (C=O) groups excluding carboxylic acids is 1. The van der Waals surface area contributed by atoms with Gasteiger partial charge in [-0.15, -0.1) is 12.4 Å². The SMILES string of the molecule is Cl.O=C(COCc1ccccc1)NCc1ccc2c(c1)CNC2. The van der Waals surface area contributed by atoms with Crippen LogP contribution in [0.15, 0.2) is 48.5 Å². The lowest BCUT2D eigenvalue weighted by molar-refractivity contribution is -0.126. The normalized spacial score (nSPS) is 12.3. The Hall–Kier alpha value is -1.88. The highest BCUT2D eigenvalue weighted by molar-refractivity contribution is 5.85. The predicted octanol–water partition coefficient (Wildman–Crippen LogP) is 2.54. The van der Waals surface area contributed by atoms with Gasteiger partial charge < -0.3 is 15.4 Å². The molecule has 0 saturated carbocycles. The van der Waals surface area contributed by atoms with Crippen molar-refractivity contribution in [3.63, 3.8) is 0 Å². The molecule has 2 N–H and O–H groups in total. The summed E-state index contributed by atoms with van der Waals surface area (Å²) in [6, 6.07) is 16.2. The molecule has 1 heterocycles. The third-order valence-electron chi connectivity index (χ3n) is 3.74. The van der Waals surface area contributed by atoms with Gasteiger partial charge in [0.2, 0.25) is 5.91 Å². The highest BCUT2D eigenvalue weighted by atomic mass is 35.5. The Balaban J connectivity index is 0.00000192. The molecular weight excluding hydrogens is 312 g/mol. The van der Waals surface area contributed by atoms with E-state index in [-0.39, 0.29) is 24.9 Å². The van der Waals surface area contributed by atoms with E-state index in [1.807, 2.05) is 30.3 Å². The lowest BCUT2D eigenvalue weighted by Gasteiger charge is -2.08. The zero-order chi connectivity index (χ0) is 15.2. The fraction of sp³-hybridized carbons (Fsp3) is 0.278. The van der Waals surface area contributed by atoms with Crippen molar-refractivity contribution in [3.05, 3.63) is 70.8 Å². The minimum Gasteiger partial charge on any atom is -0.367 e. The average molecular weight is 333 g/mol. The monoisotopic (exact) mass is 332 g/mol. The first-order chi connectivity index (χ1) is 10.8. The van der Waals surface area contributed by atoms with Crippen molar-refractivity contribution in [1.82, 2.24) is 10.6 Å². The summed E-state index contributed by atoms with van der Waals surface area (Å²) >= 11 is 0. The quantitative estimate of drug-likeness (QED) is 0.854. The summed E-state index contributed by atoms with van der Waals surface area (Å²) in [6.45, 7) is 2.94. The van der Waals surface area contributed by atoms with Crippen LogP contribution < -0.4 is 10.6 Å². The number of benzene rings is 2. The van der Waals surface area contributed by atoms with Gasteiger partial charge in [-0.1, -0.05) is 48.5 Å². The topological polar surface area (TPSA) is 50.4 Å². The second-order valence-corrected chi connectivity index (χ2v) is 5.46. The minimum atomic E-state index is -0.0884. The van der Waals surface area contributed by atoms with Crippen LogP contribution in [0, 0.1) is 0 Å². The standard InChI is InChI=1S/C18H20N2O2.ClH/c21-18(13-22-12-14-4-2-1-3-5-14)20-9-15-6-7-16-10-19-11-17(16)8-15;/h1-8,19H,9-13H2,(H,20,21);1H. The maximum absolute atomic E-state index is 11.8. The van der Waals surface area contributed by atoms with Gasteiger partial charge in [0.25, 0.3) is 0 Å². The predicted molar refractivity (Wildman–Crippen MR) is 92.2 cm³/mol. The van der Waals surface area contributed by atoms with Gasteiger partial charge in [-0.2, -0.15) is 0 Å². The van der Waals surface area contributed by atoms with Gasteiger partial charge in [-0.25, -0.2) is 0 Å². The number of nitrogens with one attached hydrogen (secondary N) is 2. The molecule has 0 bridgehead atoms. The second kappa shape index (κ2) is 8.67. The van der Waals surface area contributed by atoms with Crippen LogP contribution in [0.4, 0.5) is 0 Å². The van der Waals surface area contributed by atoms with Gasteiger partial charge in [-0.3, -0.25) is 4.79 Å². The van der Waals surface area contributed by atoms with E-state index in [1.165, 1.54) is 11.1 Å². The van der Waals surface area contributed by atoms with Crippen molar-refractivity contribution < 1.29 is 9.53 Å². The largest absolute Gasteiger partial charge is 0.367 e. The fourth-order valence-corrected chi connectivity index (χ4v) is 2.55. The Kier molecular flexibility index (Phi) is 6.59. The van der Waals surface area contributed by atoms with E-state index in [0.29, 0.717) is 13.2 Å². The molecule has 1 amide bonds. The number of halogens is 1. The van der Waals surface area contributed by atoms with Gasteiger partial charge in [0.15, 0.2) is 0 Å². The van der Waals surface area contributed by atoms with Crippen LogP contribution in [0.3, 0.4) is 0 Å². The molecule has 2 aromatic rings. The van der Waals surface area contributed by atoms with E-state index in [9.17, 15) is 4.79 Å². The van der Waals surface area contributed by atoms with E-state index in [2.05, 4.69) is 28.8 Å². The van der Waals surface area contributed by atoms with Crippen LogP contribution in [-0.2, 0) is 35.8 Å². The van der Waals surface area contributed by atoms with Crippen molar-refractivity contribution in [3.8, 4) is 0 Å². The average Bonchev–Trinajstić information content (AvgIpc) is 3.01. The van der Waals surface area contributed by atoms with Gasteiger partial charge in [0.1, 0.15) is 6.61 Å². The van der Waals surface area contributed by atoms with Crippen LogP contribution in [0.5, 0.6) is 0 Å². The molecule has 0 spiro atoms. The number of hydrogen-bond donors (Lipinski definition) is 2. The molecule has 23 heavy (non-hydrogen) atoms. The number of rotatable bonds is 6. The number of ether oxygens (including phenoxy) is 1. The van der Waals surface area contributed by atoms with Gasteiger partial charge in [-0.05, 0) is 22.3 Å². The first kappa shape index (κ1) is 17.5. The molecule has 5 heteroatoms. The smallest absolute Gasteiger partial charge is 0.246 e. The van der Waals surface area contributed by atoms with Crippen LogP contribution in [-0.4, -0.2) is 12.5 Å². The fourth-order valence-electron chi connectivity index (χ4n) is 2.55. The van der Waals surface area contributed by atoms with E-state index in [1.54, 1.807) is 0 Å². The van der Waals surface area contributed by atoms with E-state index in [4.69, 9.17) is 4.74 Å². The second-order valence-electron chi connectivity index (χ2n) is 5.46. The molecule has 0 aliphatic carbocycles. The molecule has 0 unspecified atom stereocenters. The highest BCUT2D eigenvalue weighted by Gasteiger charge is 2.10. The molecule has 0 aromatic heterocycles. The molecular formula is C18H21ClN2O2. The summed E-state index contributed by atoms with van der Waals surface area (Å²) in [5.74, 6) is -0.0884. The van der Waals surface area contributed by atoms with Crippen LogP contribution in [0.25, 0.3) is 0 Å². The van der Waals surface area contributed by atoms with Gasteiger partial charge in [0.05, 0.1) is 6.61 Å². The molecule has 4 nitrogen and oxygen atoms in total. The summed E-state index contributed by atoms with van der Waals surface area (Å²) in [4.78, 5) is 11.8. The van der Waals surface area contributed by atoms with E-state index >= 15 is 0 Å². The van der Waals surface area contributed by atoms with Crippen molar-refractivity contribution in [2.75, 3.05) is 6.61 Å². The first-order valence-corrected chi connectivity index (χ1v) is 7.51. The summed E-state index contributed by atoms with van der Waals surface area (Å²) in [6.07, 6.45) is 0. The Morgan fingerprint density at radius 2 is 1.83 bits per heavy atom. The Morgan fingerprint density at radius 3 is 2.65 bits per heavy atom. The van der Waals surface area contributed by atoms with E-state index in [0.717, 1.165) is 24.2 Å². The lowest BCUT2D eigenvalue weighted by Crippen LogP contribution is -2.27. The summed E-state index contributed by atoms with van der Waals surface area (Å²) in [5, 5.41) is 6.21. The molecule has 0 saturated heterocycles. The summed E-state index contributed by atoms with van der Waals surface area (Å²) in [7, 11) is 0. The van der Waals surface area contributed by atoms with Crippen molar-refractivity contribution in [2.45, 2.75) is 26.2 Å². The van der Waals surface area contributed by atoms with Crippen molar-refractivity contribution in [2.24, 2.45) is 0 Å². The van der Waals surface area contributed by atoms with Crippen molar-refractivity contribution in [1.29, 1.82) is 0 Å². The third kappa shape index (κ3) is 5.06. The summed E-state index contributed by atoms with van der Waals surface area (Å²) in [5.41, 5.74) is 4.87. The molecule has 0 fully saturated rings.